The number of ether oxygens (including phenoxy) is 1. The van der Waals surface area contributed by atoms with Crippen LogP contribution in [-0.2, 0) is 9.53 Å². The number of hydrogen-bond acceptors (Lipinski definition) is 5. The molecule has 150 valence electrons. The average Bonchev–Trinajstić information content (AvgIpc) is 3.15. The smallest absolute Gasteiger partial charge is 0.220 e. The van der Waals surface area contributed by atoms with E-state index in [-0.39, 0.29) is 36.4 Å². The lowest BCUT2D eigenvalue weighted by atomic mass is 10.0. The van der Waals surface area contributed by atoms with Crippen molar-refractivity contribution in [1.29, 1.82) is 0 Å². The number of rotatable bonds is 8. The molecule has 0 unspecified atom stereocenters. The topological polar surface area (TPSA) is 58.6 Å². The van der Waals surface area contributed by atoms with Gasteiger partial charge in [-0.1, -0.05) is 23.7 Å². The van der Waals surface area contributed by atoms with Crippen molar-refractivity contribution in [3.05, 3.63) is 57.0 Å². The van der Waals surface area contributed by atoms with Crippen molar-refractivity contribution in [1.82, 2.24) is 10.2 Å². The first-order valence-electron chi connectivity index (χ1n) is 9.15. The third kappa shape index (κ3) is 5.85. The van der Waals surface area contributed by atoms with Gasteiger partial charge in [-0.15, -0.1) is 11.3 Å². The molecule has 1 atom stereocenters. The fraction of sp³-hybridized carbons (Fsp3) is 0.400. The monoisotopic (exact) mass is 424 g/mol. The molecule has 3 rings (SSSR count). The number of amides is 1. The quantitative estimate of drug-likeness (QED) is 0.656. The first kappa shape index (κ1) is 20.9. The van der Waals surface area contributed by atoms with E-state index < -0.39 is 0 Å². The minimum atomic E-state index is -0.291. The van der Waals surface area contributed by atoms with Gasteiger partial charge in [-0.2, -0.15) is 0 Å². The van der Waals surface area contributed by atoms with E-state index in [0.717, 1.165) is 18.7 Å². The summed E-state index contributed by atoms with van der Waals surface area (Å²) in [6, 6.07) is 9.62. The van der Waals surface area contributed by atoms with Gasteiger partial charge in [0.05, 0.1) is 28.5 Å². The van der Waals surface area contributed by atoms with Crippen LogP contribution in [0, 0.1) is 5.82 Å². The Morgan fingerprint density at radius 2 is 1.86 bits per heavy atom. The second kappa shape index (κ2) is 10.1. The summed E-state index contributed by atoms with van der Waals surface area (Å²) in [5, 5.41) is 2.92. The van der Waals surface area contributed by atoms with Crippen LogP contribution < -0.4 is 5.32 Å². The molecule has 1 amide bonds. The zero-order valence-corrected chi connectivity index (χ0v) is 16.9. The van der Waals surface area contributed by atoms with Gasteiger partial charge in [-0.05, 0) is 29.8 Å². The molecule has 1 saturated heterocycles. The third-order valence-corrected chi connectivity index (χ3v) is 5.93. The maximum Gasteiger partial charge on any atom is 0.220 e. The molecular weight excluding hydrogens is 403 g/mol. The summed E-state index contributed by atoms with van der Waals surface area (Å²) in [4.78, 5) is 27.2. The number of ketones is 1. The fourth-order valence-electron chi connectivity index (χ4n) is 3.15. The predicted molar refractivity (Wildman–Crippen MR) is 107 cm³/mol. The van der Waals surface area contributed by atoms with Gasteiger partial charge >= 0.3 is 0 Å². The zero-order valence-electron chi connectivity index (χ0n) is 15.3. The number of morpholine rings is 1. The Hall–Kier alpha value is -1.80. The Labute approximate surface area is 172 Å². The second-order valence-corrected chi connectivity index (χ2v) is 8.26. The molecule has 1 aliphatic heterocycles. The zero-order chi connectivity index (χ0) is 19.9. The minimum Gasteiger partial charge on any atom is -0.379 e. The van der Waals surface area contributed by atoms with Crippen molar-refractivity contribution in [3.63, 3.8) is 0 Å². The van der Waals surface area contributed by atoms with E-state index in [1.54, 1.807) is 24.3 Å². The summed E-state index contributed by atoms with van der Waals surface area (Å²) in [7, 11) is 0. The van der Waals surface area contributed by atoms with E-state index in [1.807, 2.05) is 0 Å². The highest BCUT2D eigenvalue weighted by atomic mass is 35.5. The molecule has 0 saturated carbocycles. The van der Waals surface area contributed by atoms with Crippen LogP contribution in [0.25, 0.3) is 0 Å². The molecule has 0 spiro atoms. The molecule has 5 nitrogen and oxygen atoms in total. The Balaban J connectivity index is 1.55. The van der Waals surface area contributed by atoms with Crippen molar-refractivity contribution in [2.75, 3.05) is 32.8 Å². The summed E-state index contributed by atoms with van der Waals surface area (Å²) in [6.45, 7) is 3.14. The highest BCUT2D eigenvalue weighted by Crippen LogP contribution is 2.23. The van der Waals surface area contributed by atoms with Crippen molar-refractivity contribution >= 4 is 34.6 Å². The Bertz CT molecular complexity index is 806. The molecule has 1 N–H and O–H groups in total. The van der Waals surface area contributed by atoms with Crippen LogP contribution in [0.15, 0.2) is 36.4 Å². The maximum atomic E-state index is 13.3. The number of nitrogens with zero attached hydrogens (tertiary/aromatic N) is 1. The van der Waals surface area contributed by atoms with Crippen LogP contribution in [0.1, 0.15) is 34.1 Å². The Kier molecular flexibility index (Phi) is 7.56. The summed E-state index contributed by atoms with van der Waals surface area (Å²) in [5.74, 6) is -0.563. The fourth-order valence-corrected chi connectivity index (χ4v) is 4.16. The van der Waals surface area contributed by atoms with Crippen molar-refractivity contribution in [2.45, 2.75) is 18.9 Å². The van der Waals surface area contributed by atoms with E-state index in [9.17, 15) is 14.0 Å². The number of carbonyl (C=O) groups is 2. The molecule has 0 radical (unpaired) electrons. The summed E-state index contributed by atoms with van der Waals surface area (Å²) < 4.78 is 19.2. The van der Waals surface area contributed by atoms with Gasteiger partial charge in [0.15, 0.2) is 5.78 Å². The SMILES string of the molecule is O=C(CCC(=O)c1ccc(Cl)s1)NC[C@H](c1ccc(F)cc1)N1CCOCC1. The van der Waals surface area contributed by atoms with Crippen molar-refractivity contribution in [3.8, 4) is 0 Å². The van der Waals surface area contributed by atoms with E-state index in [0.29, 0.717) is 29.0 Å². The van der Waals surface area contributed by atoms with E-state index in [4.69, 9.17) is 16.3 Å². The molecule has 1 aromatic heterocycles. The number of halogens is 2. The standard InChI is InChI=1S/C20H22ClFN2O3S/c21-19-7-6-18(28-19)17(25)5-8-20(26)23-13-16(24-9-11-27-12-10-24)14-1-3-15(22)4-2-14/h1-4,6-7,16H,5,8-13H2,(H,23,26)/t16-/m1/s1. The molecule has 1 aliphatic rings. The normalized spacial score (nSPS) is 15.9. The lowest BCUT2D eigenvalue weighted by Crippen LogP contribution is -2.43. The van der Waals surface area contributed by atoms with Crippen molar-refractivity contribution < 1.29 is 18.7 Å². The lowest BCUT2D eigenvalue weighted by molar-refractivity contribution is -0.121. The van der Waals surface area contributed by atoms with Gasteiger partial charge in [0.1, 0.15) is 5.82 Å². The second-order valence-electron chi connectivity index (χ2n) is 6.55. The van der Waals surface area contributed by atoms with Crippen LogP contribution >= 0.6 is 22.9 Å². The van der Waals surface area contributed by atoms with Gasteiger partial charge in [0, 0.05) is 32.5 Å². The molecule has 8 heteroatoms. The summed E-state index contributed by atoms with van der Waals surface area (Å²) >= 11 is 7.06. The largest absolute Gasteiger partial charge is 0.379 e. The molecule has 2 aromatic rings. The highest BCUT2D eigenvalue weighted by molar-refractivity contribution is 7.18. The number of carbonyl (C=O) groups excluding carboxylic acids is 2. The van der Waals surface area contributed by atoms with E-state index in [1.165, 1.54) is 23.5 Å². The minimum absolute atomic E-state index is 0.0692. The predicted octanol–water partition coefficient (Wildman–Crippen LogP) is 3.69. The Morgan fingerprint density at radius 3 is 2.50 bits per heavy atom. The van der Waals surface area contributed by atoms with Gasteiger partial charge in [-0.25, -0.2) is 4.39 Å². The molecule has 28 heavy (non-hydrogen) atoms. The van der Waals surface area contributed by atoms with Gasteiger partial charge in [0.25, 0.3) is 0 Å². The number of hydrogen-bond donors (Lipinski definition) is 1. The van der Waals surface area contributed by atoms with Gasteiger partial charge in [0.2, 0.25) is 5.91 Å². The third-order valence-electron chi connectivity index (χ3n) is 4.66. The number of benzene rings is 1. The molecular formula is C20H22ClFN2O3S. The first-order valence-corrected chi connectivity index (χ1v) is 10.3. The molecule has 2 heterocycles. The lowest BCUT2D eigenvalue weighted by Gasteiger charge is -2.35. The van der Waals surface area contributed by atoms with Crippen LogP contribution in [-0.4, -0.2) is 49.4 Å². The number of thiophene rings is 1. The summed E-state index contributed by atoms with van der Waals surface area (Å²) in [5.41, 5.74) is 0.938. The van der Waals surface area contributed by atoms with Crippen LogP contribution in [0.5, 0.6) is 0 Å². The Morgan fingerprint density at radius 1 is 1.14 bits per heavy atom. The first-order chi connectivity index (χ1) is 13.5. The van der Waals surface area contributed by atoms with Crippen LogP contribution in [0.4, 0.5) is 4.39 Å². The molecule has 1 fully saturated rings. The average molecular weight is 425 g/mol. The van der Waals surface area contributed by atoms with Gasteiger partial charge in [-0.3, -0.25) is 14.5 Å². The van der Waals surface area contributed by atoms with Crippen LogP contribution in [0.2, 0.25) is 4.34 Å². The number of Topliss-reactive ketones (excluding diaryl/α,β-unsaturated/α-hetero) is 1. The molecule has 0 bridgehead atoms. The van der Waals surface area contributed by atoms with Crippen LogP contribution in [0.3, 0.4) is 0 Å². The summed E-state index contributed by atoms with van der Waals surface area (Å²) in [6.07, 6.45) is 0.259. The van der Waals surface area contributed by atoms with E-state index in [2.05, 4.69) is 10.2 Å². The highest BCUT2D eigenvalue weighted by Gasteiger charge is 2.23. The number of nitrogens with one attached hydrogen (secondary N) is 1. The van der Waals surface area contributed by atoms with E-state index >= 15 is 0 Å². The van der Waals surface area contributed by atoms with Crippen molar-refractivity contribution in [2.24, 2.45) is 0 Å². The maximum absolute atomic E-state index is 13.3. The molecule has 0 aliphatic carbocycles. The van der Waals surface area contributed by atoms with Gasteiger partial charge < -0.3 is 10.1 Å². The molecule has 1 aromatic carbocycles.